The number of rotatable bonds is 2. The number of benzene rings is 1. The Kier molecular flexibility index (Phi) is 3.14. The van der Waals surface area contributed by atoms with Crippen LogP contribution in [-0.4, -0.2) is 35.6 Å². The normalized spacial score (nSPS) is 34.0. The molecule has 4 N–H and O–H groups in total. The van der Waals surface area contributed by atoms with Crippen LogP contribution < -0.4 is 10.5 Å². The largest absolute Gasteiger partial charge is 0.497 e. The van der Waals surface area contributed by atoms with Crippen molar-refractivity contribution in [1.29, 1.82) is 0 Å². The summed E-state index contributed by atoms with van der Waals surface area (Å²) in [5, 5.41) is 19.1. The van der Waals surface area contributed by atoms with Crippen molar-refractivity contribution in [2.24, 2.45) is 5.73 Å². The predicted octanol–water partition coefficient (Wildman–Crippen LogP) is 0.232. The van der Waals surface area contributed by atoms with E-state index in [2.05, 4.69) is 0 Å². The maximum absolute atomic E-state index is 9.60. The summed E-state index contributed by atoms with van der Waals surface area (Å²) in [6.07, 6.45) is -1.04. The molecule has 1 saturated carbocycles. The molecule has 1 fully saturated rings. The van der Waals surface area contributed by atoms with Crippen molar-refractivity contribution >= 4 is 0 Å². The molecule has 1 aromatic rings. The van der Waals surface area contributed by atoms with Gasteiger partial charge in [0, 0.05) is 12.0 Å². The summed E-state index contributed by atoms with van der Waals surface area (Å²) in [6, 6.07) is 7.17. The monoisotopic (exact) mass is 223 g/mol. The molecule has 1 aliphatic rings. The molecule has 0 spiro atoms. The highest BCUT2D eigenvalue weighted by molar-refractivity contribution is 5.31. The summed E-state index contributed by atoms with van der Waals surface area (Å²) >= 11 is 0. The van der Waals surface area contributed by atoms with Gasteiger partial charge in [-0.25, -0.2) is 0 Å². The molecule has 1 aromatic carbocycles. The van der Waals surface area contributed by atoms with Gasteiger partial charge in [-0.2, -0.15) is 0 Å². The van der Waals surface area contributed by atoms with Crippen LogP contribution in [0.2, 0.25) is 0 Å². The molecule has 4 nitrogen and oxygen atoms in total. The minimum atomic E-state index is -0.827. The summed E-state index contributed by atoms with van der Waals surface area (Å²) in [5.74, 6) is 0.798. The van der Waals surface area contributed by atoms with Gasteiger partial charge in [0.25, 0.3) is 0 Å². The second-order valence-corrected chi connectivity index (χ2v) is 4.25. The second kappa shape index (κ2) is 4.41. The van der Waals surface area contributed by atoms with Crippen LogP contribution in [0.1, 0.15) is 17.9 Å². The highest BCUT2D eigenvalue weighted by atomic mass is 16.5. The Labute approximate surface area is 94.7 Å². The van der Waals surface area contributed by atoms with Crippen molar-refractivity contribution in [1.82, 2.24) is 0 Å². The lowest BCUT2D eigenvalue weighted by atomic mass is 9.94. The number of aliphatic hydroxyl groups excluding tert-OH is 2. The third-order valence-electron chi connectivity index (χ3n) is 3.29. The molecule has 2 rings (SSSR count). The Bertz CT molecular complexity index is 352. The van der Waals surface area contributed by atoms with Gasteiger partial charge in [0.1, 0.15) is 5.75 Å². The summed E-state index contributed by atoms with van der Waals surface area (Å²) in [7, 11) is 1.61. The lowest BCUT2D eigenvalue weighted by molar-refractivity contribution is 0.0363. The minimum Gasteiger partial charge on any atom is -0.497 e. The molecule has 1 aliphatic carbocycles. The van der Waals surface area contributed by atoms with Crippen molar-refractivity contribution < 1.29 is 14.9 Å². The van der Waals surface area contributed by atoms with Gasteiger partial charge in [0.05, 0.1) is 19.3 Å². The van der Waals surface area contributed by atoms with Gasteiger partial charge in [0.2, 0.25) is 0 Å². The quantitative estimate of drug-likeness (QED) is 0.671. The average Bonchev–Trinajstić information content (AvgIpc) is 2.57. The lowest BCUT2D eigenvalue weighted by Gasteiger charge is -2.17. The van der Waals surface area contributed by atoms with Crippen LogP contribution in [0, 0.1) is 0 Å². The fraction of sp³-hybridized carbons (Fsp3) is 0.500. The van der Waals surface area contributed by atoms with E-state index in [0.29, 0.717) is 6.42 Å². The van der Waals surface area contributed by atoms with Crippen molar-refractivity contribution in [2.75, 3.05) is 7.11 Å². The van der Waals surface area contributed by atoms with Crippen LogP contribution in [0.25, 0.3) is 0 Å². The van der Waals surface area contributed by atoms with Gasteiger partial charge in [0.15, 0.2) is 0 Å². The summed E-state index contributed by atoms with van der Waals surface area (Å²) < 4.78 is 5.07. The number of hydrogen-bond donors (Lipinski definition) is 3. The van der Waals surface area contributed by atoms with E-state index in [4.69, 9.17) is 10.5 Å². The fourth-order valence-corrected chi connectivity index (χ4v) is 2.26. The lowest BCUT2D eigenvalue weighted by Crippen LogP contribution is -2.37. The molecule has 88 valence electrons. The minimum absolute atomic E-state index is 0.0101. The van der Waals surface area contributed by atoms with Crippen molar-refractivity contribution in [2.45, 2.75) is 30.6 Å². The van der Waals surface area contributed by atoms with Gasteiger partial charge in [-0.3, -0.25) is 0 Å². The van der Waals surface area contributed by atoms with E-state index in [-0.39, 0.29) is 5.92 Å². The van der Waals surface area contributed by atoms with Gasteiger partial charge in [-0.15, -0.1) is 0 Å². The molecular weight excluding hydrogens is 206 g/mol. The third kappa shape index (κ3) is 1.91. The number of methoxy groups -OCH3 is 1. The first-order valence-electron chi connectivity index (χ1n) is 5.39. The molecule has 0 aromatic heterocycles. The van der Waals surface area contributed by atoms with Gasteiger partial charge >= 0.3 is 0 Å². The highest BCUT2D eigenvalue weighted by Crippen LogP contribution is 2.34. The molecule has 16 heavy (non-hydrogen) atoms. The number of aliphatic hydroxyl groups is 2. The van der Waals surface area contributed by atoms with E-state index >= 15 is 0 Å². The first kappa shape index (κ1) is 11.4. The Hall–Kier alpha value is -1.10. The molecular formula is C12H17NO3. The first-order valence-corrected chi connectivity index (χ1v) is 5.39. The van der Waals surface area contributed by atoms with Crippen molar-refractivity contribution in [3.05, 3.63) is 29.8 Å². The summed E-state index contributed by atoms with van der Waals surface area (Å²) in [6.45, 7) is 0. The van der Waals surface area contributed by atoms with E-state index in [1.807, 2.05) is 24.3 Å². The zero-order valence-corrected chi connectivity index (χ0v) is 9.21. The SMILES string of the molecule is COc1ccc([C@H]2C[C@@H](O)[C@@H](O)[C@@H]2N)cc1. The molecule has 0 bridgehead atoms. The molecule has 0 saturated heterocycles. The van der Waals surface area contributed by atoms with Crippen molar-refractivity contribution in [3.63, 3.8) is 0 Å². The van der Waals surface area contributed by atoms with E-state index < -0.39 is 18.2 Å². The third-order valence-corrected chi connectivity index (χ3v) is 3.29. The Morgan fingerprint density at radius 1 is 1.25 bits per heavy atom. The Morgan fingerprint density at radius 2 is 1.88 bits per heavy atom. The summed E-state index contributed by atoms with van der Waals surface area (Å²) in [4.78, 5) is 0. The van der Waals surface area contributed by atoms with E-state index in [1.54, 1.807) is 7.11 Å². The van der Waals surface area contributed by atoms with Crippen LogP contribution in [0.15, 0.2) is 24.3 Å². The number of nitrogens with two attached hydrogens (primary N) is 1. The average molecular weight is 223 g/mol. The standard InChI is InChI=1S/C12H17NO3/c1-16-8-4-2-7(3-5-8)9-6-10(14)12(15)11(9)13/h2-5,9-12,14-15H,6,13H2,1H3/t9-,10-,11-,12-/m1/s1. The number of ether oxygens (including phenoxy) is 1. The zero-order valence-electron chi connectivity index (χ0n) is 9.21. The number of hydrogen-bond acceptors (Lipinski definition) is 4. The maximum atomic E-state index is 9.60. The highest BCUT2D eigenvalue weighted by Gasteiger charge is 2.39. The molecule has 0 unspecified atom stereocenters. The Balaban J connectivity index is 2.18. The molecule has 0 amide bonds. The predicted molar refractivity (Wildman–Crippen MR) is 60.3 cm³/mol. The zero-order chi connectivity index (χ0) is 11.7. The van der Waals surface area contributed by atoms with Crippen LogP contribution in [0.3, 0.4) is 0 Å². The van der Waals surface area contributed by atoms with Gasteiger partial charge in [-0.1, -0.05) is 12.1 Å². The molecule has 0 aliphatic heterocycles. The second-order valence-electron chi connectivity index (χ2n) is 4.25. The van der Waals surface area contributed by atoms with E-state index in [0.717, 1.165) is 11.3 Å². The van der Waals surface area contributed by atoms with Crippen LogP contribution in [-0.2, 0) is 0 Å². The molecule has 4 heteroatoms. The van der Waals surface area contributed by atoms with Crippen molar-refractivity contribution in [3.8, 4) is 5.75 Å². The summed E-state index contributed by atoms with van der Waals surface area (Å²) in [5.41, 5.74) is 6.91. The molecule has 0 heterocycles. The molecule has 4 atom stereocenters. The van der Waals surface area contributed by atoms with Crippen LogP contribution in [0.5, 0.6) is 5.75 Å². The first-order chi connectivity index (χ1) is 7.63. The van der Waals surface area contributed by atoms with Gasteiger partial charge in [-0.05, 0) is 24.1 Å². The smallest absolute Gasteiger partial charge is 0.118 e. The van der Waals surface area contributed by atoms with Crippen LogP contribution in [0.4, 0.5) is 0 Å². The van der Waals surface area contributed by atoms with E-state index in [9.17, 15) is 10.2 Å². The Morgan fingerprint density at radius 3 is 2.31 bits per heavy atom. The van der Waals surface area contributed by atoms with E-state index in [1.165, 1.54) is 0 Å². The maximum Gasteiger partial charge on any atom is 0.118 e. The fourth-order valence-electron chi connectivity index (χ4n) is 2.26. The van der Waals surface area contributed by atoms with Gasteiger partial charge < -0.3 is 20.7 Å². The molecule has 0 radical (unpaired) electrons. The topological polar surface area (TPSA) is 75.7 Å². The van der Waals surface area contributed by atoms with Crippen LogP contribution >= 0.6 is 0 Å².